The van der Waals surface area contributed by atoms with Crippen LogP contribution in [0.25, 0.3) is 0 Å². The van der Waals surface area contributed by atoms with Crippen molar-refractivity contribution < 1.29 is 22.8 Å². The minimum atomic E-state index is -2.43. The van der Waals surface area contributed by atoms with Gasteiger partial charge >= 0.3 is 5.97 Å². The molecule has 0 saturated heterocycles. The van der Waals surface area contributed by atoms with Crippen LogP contribution >= 0.6 is 0 Å². The van der Waals surface area contributed by atoms with E-state index >= 15 is 0 Å². The largest absolute Gasteiger partial charge is 0.464 e. The first kappa shape index (κ1) is 24.0. The lowest BCUT2D eigenvalue weighted by Crippen LogP contribution is -2.91. The lowest BCUT2D eigenvalue weighted by molar-refractivity contribution is -0.139. The summed E-state index contributed by atoms with van der Waals surface area (Å²) < 4.78 is 24.5. The minimum Gasteiger partial charge on any atom is -0.464 e. The Hall–Kier alpha value is -0.0425. The van der Waals surface area contributed by atoms with E-state index in [-0.39, 0.29) is 11.7 Å². The highest BCUT2D eigenvalue weighted by molar-refractivity contribution is 7.87. The lowest BCUT2D eigenvalue weighted by atomic mass is 10.6. The third-order valence-electron chi connectivity index (χ3n) is 5.95. The van der Waals surface area contributed by atoms with Crippen molar-refractivity contribution in [2.75, 3.05) is 21.3 Å². The Morgan fingerprint density at radius 2 is 1.42 bits per heavy atom. The van der Waals surface area contributed by atoms with E-state index in [0.717, 1.165) is 6.04 Å². The third kappa shape index (κ3) is 3.71. The second-order valence-corrected chi connectivity index (χ2v) is 42.2. The Morgan fingerprint density at radius 1 is 1.00 bits per heavy atom. The molecule has 0 bridgehead atoms. The maximum absolute atomic E-state index is 12.0. The molecule has 0 aliphatic heterocycles. The summed E-state index contributed by atoms with van der Waals surface area (Å²) >= 11 is 0. The summed E-state index contributed by atoms with van der Waals surface area (Å²) in [5, 5.41) is 0. The van der Waals surface area contributed by atoms with Crippen LogP contribution in [-0.2, 0) is 22.8 Å². The van der Waals surface area contributed by atoms with Gasteiger partial charge in [-0.2, -0.15) is 0 Å². The Bertz CT molecular complexity index is 433. The van der Waals surface area contributed by atoms with Gasteiger partial charge in [0, 0.05) is 27.4 Å². The van der Waals surface area contributed by atoms with E-state index in [4.69, 9.17) is 18.0 Å². The van der Waals surface area contributed by atoms with Gasteiger partial charge < -0.3 is 18.0 Å². The molecule has 0 aliphatic rings. The van der Waals surface area contributed by atoms with Crippen molar-refractivity contribution in [3.63, 3.8) is 0 Å². The summed E-state index contributed by atoms with van der Waals surface area (Å²) in [5.41, 5.74) is -0.234. The van der Waals surface area contributed by atoms with Crippen LogP contribution in [0.4, 0.5) is 0 Å². The number of ether oxygens (including phenoxy) is 1. The van der Waals surface area contributed by atoms with E-state index in [1.807, 2.05) is 6.92 Å². The third-order valence-corrected chi connectivity index (χ3v) is 71.2. The molecule has 0 heterocycles. The molecule has 0 fully saturated rings. The van der Waals surface area contributed by atoms with Gasteiger partial charge in [0.05, 0.1) is 5.73 Å². The standard InChI is InChI=1S/C15H36O5Si4/c1-12-15(16)20-14(3)24(21(7,8)17-4,22(9,10)18-5)23(11,13-2)19-6/h12,14H,1,13H2,2-11H3. The van der Waals surface area contributed by atoms with Crippen molar-refractivity contribution in [1.29, 1.82) is 0 Å². The summed E-state index contributed by atoms with van der Waals surface area (Å²) in [6, 6.07) is 0.950. The van der Waals surface area contributed by atoms with Crippen LogP contribution in [0.1, 0.15) is 13.8 Å². The second-order valence-electron chi connectivity index (χ2n) is 7.31. The minimum absolute atomic E-state index is 0.234. The van der Waals surface area contributed by atoms with Gasteiger partial charge in [-0.3, -0.25) is 0 Å². The summed E-state index contributed by atoms with van der Waals surface area (Å²) in [7, 11) is -1.32. The first-order valence-corrected chi connectivity index (χ1v) is 21.9. The van der Waals surface area contributed by atoms with Crippen LogP contribution in [0.15, 0.2) is 12.7 Å². The molecule has 0 radical (unpaired) electrons. The number of carbonyl (C=O) groups excluding carboxylic acids is 1. The van der Waals surface area contributed by atoms with Gasteiger partial charge in [-0.05, 0) is 45.7 Å². The first-order chi connectivity index (χ1) is 10.9. The maximum atomic E-state index is 12.0. The van der Waals surface area contributed by atoms with Crippen LogP contribution in [0.5, 0.6) is 0 Å². The molecule has 0 saturated carbocycles. The molecule has 142 valence electrons. The Balaban J connectivity index is 6.80. The van der Waals surface area contributed by atoms with Crippen molar-refractivity contribution in [1.82, 2.24) is 0 Å². The highest BCUT2D eigenvalue weighted by Crippen LogP contribution is 2.43. The summed E-state index contributed by atoms with van der Waals surface area (Å²) in [5.74, 6) is -0.385. The van der Waals surface area contributed by atoms with E-state index in [1.165, 1.54) is 6.08 Å². The SMILES string of the molecule is C=CC(=O)OC(C)[Si]([Si](C)(C)OC)([Si](C)(C)OC)[Si](C)(CC)OC. The van der Waals surface area contributed by atoms with Crippen molar-refractivity contribution >= 4 is 36.1 Å². The van der Waals surface area contributed by atoms with Gasteiger partial charge in [0.1, 0.15) is 0 Å². The molecule has 0 aromatic carbocycles. The van der Waals surface area contributed by atoms with Crippen LogP contribution in [0.2, 0.25) is 38.8 Å². The smallest absolute Gasteiger partial charge is 0.330 e. The molecule has 2 unspecified atom stereocenters. The first-order valence-electron chi connectivity index (χ1n) is 8.35. The van der Waals surface area contributed by atoms with Gasteiger partial charge in [0.15, 0.2) is 30.1 Å². The molecule has 24 heavy (non-hydrogen) atoms. The fraction of sp³-hybridized carbons (Fsp3) is 0.800. The zero-order valence-corrected chi connectivity index (χ0v) is 21.1. The molecule has 0 amide bonds. The van der Waals surface area contributed by atoms with Gasteiger partial charge in [-0.25, -0.2) is 4.79 Å². The maximum Gasteiger partial charge on any atom is 0.330 e. The molecular weight excluding hydrogens is 373 g/mol. The number of esters is 1. The Kier molecular flexibility index (Phi) is 8.55. The number of hydrogen-bond donors (Lipinski definition) is 0. The molecule has 0 spiro atoms. The Labute approximate surface area is 151 Å². The van der Waals surface area contributed by atoms with Gasteiger partial charge in [-0.15, -0.1) is 0 Å². The van der Waals surface area contributed by atoms with E-state index in [0.29, 0.717) is 0 Å². The van der Waals surface area contributed by atoms with Crippen LogP contribution in [-0.4, -0.2) is 63.2 Å². The fourth-order valence-electron chi connectivity index (χ4n) is 4.62. The molecule has 2 atom stereocenters. The Morgan fingerprint density at radius 3 is 1.67 bits per heavy atom. The number of rotatable bonds is 10. The molecule has 0 rings (SSSR count). The van der Waals surface area contributed by atoms with E-state index in [1.54, 1.807) is 21.3 Å². The number of hydrogen-bond acceptors (Lipinski definition) is 5. The van der Waals surface area contributed by atoms with Crippen molar-refractivity contribution in [2.24, 2.45) is 0 Å². The second kappa shape index (κ2) is 8.56. The zero-order valence-electron chi connectivity index (χ0n) is 17.1. The van der Waals surface area contributed by atoms with Crippen LogP contribution in [0.3, 0.4) is 0 Å². The van der Waals surface area contributed by atoms with E-state index in [2.05, 4.69) is 46.2 Å². The lowest BCUT2D eigenvalue weighted by Gasteiger charge is -2.58. The molecule has 5 nitrogen and oxygen atoms in total. The normalized spacial score (nSPS) is 17.1. The monoisotopic (exact) mass is 408 g/mol. The van der Waals surface area contributed by atoms with Gasteiger partial charge in [0.2, 0.25) is 0 Å². The average molecular weight is 409 g/mol. The molecule has 0 aliphatic carbocycles. The fourth-order valence-corrected chi connectivity index (χ4v) is 83.8. The molecule has 0 aromatic heterocycles. The summed E-state index contributed by atoms with van der Waals surface area (Å²) in [6.45, 7) is 16.6. The molecular formula is C15H36O5Si4. The molecule has 0 aromatic rings. The summed E-state index contributed by atoms with van der Waals surface area (Å²) in [6.07, 6.45) is 1.23. The van der Waals surface area contributed by atoms with E-state index < -0.39 is 30.1 Å². The van der Waals surface area contributed by atoms with Crippen LogP contribution in [0, 0.1) is 0 Å². The predicted octanol–water partition coefficient (Wildman–Crippen LogP) is 3.27. The molecule has 9 heteroatoms. The zero-order chi connectivity index (χ0) is 19.4. The highest BCUT2D eigenvalue weighted by atomic mass is 29.9. The van der Waals surface area contributed by atoms with Crippen molar-refractivity contribution in [2.45, 2.75) is 58.4 Å². The van der Waals surface area contributed by atoms with Crippen molar-refractivity contribution in [3.05, 3.63) is 12.7 Å². The molecule has 0 N–H and O–H groups in total. The van der Waals surface area contributed by atoms with Crippen molar-refractivity contribution in [3.8, 4) is 0 Å². The number of carbonyl (C=O) groups is 1. The van der Waals surface area contributed by atoms with Gasteiger partial charge in [0.25, 0.3) is 0 Å². The quantitative estimate of drug-likeness (QED) is 0.315. The summed E-state index contributed by atoms with van der Waals surface area (Å²) in [4.78, 5) is 12.0. The van der Waals surface area contributed by atoms with Gasteiger partial charge in [-0.1, -0.05) is 13.5 Å². The average Bonchev–Trinajstić information content (AvgIpc) is 2.54. The highest BCUT2D eigenvalue weighted by Gasteiger charge is 2.75. The predicted molar refractivity (Wildman–Crippen MR) is 110 cm³/mol. The van der Waals surface area contributed by atoms with Crippen LogP contribution < -0.4 is 0 Å². The van der Waals surface area contributed by atoms with E-state index in [9.17, 15) is 4.79 Å². The topological polar surface area (TPSA) is 54.0 Å².